The van der Waals surface area contributed by atoms with Crippen LogP contribution in [-0.2, 0) is 11.3 Å². The predicted octanol–water partition coefficient (Wildman–Crippen LogP) is 4.63. The molecule has 3 aromatic rings. The highest BCUT2D eigenvalue weighted by Crippen LogP contribution is 2.40. The van der Waals surface area contributed by atoms with Gasteiger partial charge >= 0.3 is 6.09 Å². The maximum atomic E-state index is 13.2. The third-order valence-electron chi connectivity index (χ3n) is 6.41. The molecule has 158 valence electrons. The largest absolute Gasteiger partial charge is 0.445 e. The number of nitrogens with zero attached hydrogens (tertiary/aromatic N) is 3. The Morgan fingerprint density at radius 3 is 2.26 bits per heavy atom. The fraction of sp³-hybridized carbons (Fsp3) is 0.320. The van der Waals surface area contributed by atoms with E-state index in [1.807, 2.05) is 65.6 Å². The van der Waals surface area contributed by atoms with Crippen LogP contribution in [0.1, 0.15) is 41.6 Å². The average molecular weight is 415 g/mol. The summed E-state index contributed by atoms with van der Waals surface area (Å²) >= 11 is 0. The first kappa shape index (κ1) is 19.5. The molecule has 5 rings (SSSR count). The Kier molecular flexibility index (Phi) is 5.28. The summed E-state index contributed by atoms with van der Waals surface area (Å²) in [6.45, 7) is 0.274. The van der Waals surface area contributed by atoms with Crippen LogP contribution < -0.4 is 0 Å². The maximum Gasteiger partial charge on any atom is 0.410 e. The zero-order chi connectivity index (χ0) is 21.2. The van der Waals surface area contributed by atoms with Gasteiger partial charge in [-0.05, 0) is 43.4 Å². The van der Waals surface area contributed by atoms with E-state index < -0.39 is 0 Å². The monoisotopic (exact) mass is 415 g/mol. The number of ketones is 1. The van der Waals surface area contributed by atoms with E-state index in [-0.39, 0.29) is 36.5 Å². The number of hydrogen-bond donors (Lipinski definition) is 0. The molecule has 1 amide bonds. The van der Waals surface area contributed by atoms with Crippen molar-refractivity contribution >= 4 is 11.9 Å². The molecule has 6 heteroatoms. The summed E-state index contributed by atoms with van der Waals surface area (Å²) in [5.74, 6) is 0.0421. The molecule has 2 aliphatic rings. The van der Waals surface area contributed by atoms with Crippen molar-refractivity contribution in [1.29, 1.82) is 0 Å². The van der Waals surface area contributed by atoms with E-state index in [0.717, 1.165) is 24.1 Å². The Hall–Kier alpha value is -3.41. The third-order valence-corrected chi connectivity index (χ3v) is 6.41. The van der Waals surface area contributed by atoms with E-state index in [2.05, 4.69) is 5.10 Å². The number of amides is 1. The number of Topliss-reactive ketones (excluding diaryl/α,β-unsaturated/α-hetero) is 1. The summed E-state index contributed by atoms with van der Waals surface area (Å²) in [7, 11) is 0. The highest BCUT2D eigenvalue weighted by atomic mass is 16.6. The molecule has 0 aliphatic carbocycles. The van der Waals surface area contributed by atoms with E-state index in [0.29, 0.717) is 18.4 Å². The summed E-state index contributed by atoms with van der Waals surface area (Å²) in [4.78, 5) is 27.8. The van der Waals surface area contributed by atoms with Crippen molar-refractivity contribution in [3.05, 3.63) is 84.2 Å². The zero-order valence-corrected chi connectivity index (χ0v) is 17.3. The third kappa shape index (κ3) is 3.98. The second kappa shape index (κ2) is 8.38. The molecule has 0 N–H and O–H groups in total. The lowest BCUT2D eigenvalue weighted by molar-refractivity contribution is 0.0485. The molecular weight excluding hydrogens is 390 g/mol. The first-order chi connectivity index (χ1) is 15.2. The van der Waals surface area contributed by atoms with Crippen molar-refractivity contribution in [2.24, 2.45) is 5.92 Å². The minimum Gasteiger partial charge on any atom is -0.445 e. The minimum atomic E-state index is -0.265. The Balaban J connectivity index is 1.23. The highest BCUT2D eigenvalue weighted by Gasteiger charge is 2.46. The second-order valence-corrected chi connectivity index (χ2v) is 8.37. The average Bonchev–Trinajstić information content (AvgIpc) is 3.41. The number of piperidine rings is 1. The molecule has 2 unspecified atom stereocenters. The van der Waals surface area contributed by atoms with E-state index in [1.54, 1.807) is 17.1 Å². The number of carbonyl (C=O) groups excluding carboxylic acids is 2. The number of aromatic nitrogens is 2. The van der Waals surface area contributed by atoms with Crippen molar-refractivity contribution < 1.29 is 14.3 Å². The highest BCUT2D eigenvalue weighted by molar-refractivity contribution is 5.97. The smallest absolute Gasteiger partial charge is 0.410 e. The normalized spacial score (nSPS) is 22.3. The van der Waals surface area contributed by atoms with Gasteiger partial charge in [-0.25, -0.2) is 9.48 Å². The quantitative estimate of drug-likeness (QED) is 0.570. The molecule has 0 saturated carbocycles. The Morgan fingerprint density at radius 1 is 0.935 bits per heavy atom. The lowest BCUT2D eigenvalue weighted by atomic mass is 9.85. The second-order valence-electron chi connectivity index (χ2n) is 8.37. The Bertz CT molecular complexity index is 1050. The summed E-state index contributed by atoms with van der Waals surface area (Å²) in [6, 6.07) is 19.6. The lowest BCUT2D eigenvalue weighted by Gasteiger charge is -2.37. The fourth-order valence-electron chi connectivity index (χ4n) is 4.89. The van der Waals surface area contributed by atoms with Crippen LogP contribution in [0.5, 0.6) is 0 Å². The van der Waals surface area contributed by atoms with Crippen LogP contribution in [0.15, 0.2) is 73.1 Å². The van der Waals surface area contributed by atoms with Gasteiger partial charge in [-0.3, -0.25) is 4.79 Å². The molecule has 6 nitrogen and oxygen atoms in total. The first-order valence-corrected chi connectivity index (χ1v) is 10.8. The molecular formula is C25H25N3O3. The standard InChI is InChI=1S/C25H25N3O3/c29-24(20-15-26-27(16-20)21-9-5-2-6-10-21)19-13-22-11-12-23(14-19)28(22)25(30)31-17-18-7-3-1-4-8-18/h1-10,15-16,19,22-23H,11-14,17H2. The van der Waals surface area contributed by atoms with Gasteiger partial charge in [0.15, 0.2) is 5.78 Å². The molecule has 0 spiro atoms. The van der Waals surface area contributed by atoms with Gasteiger partial charge in [0, 0.05) is 24.2 Å². The number of fused-ring (bicyclic) bond motifs is 2. The number of carbonyl (C=O) groups is 2. The zero-order valence-electron chi connectivity index (χ0n) is 17.3. The van der Waals surface area contributed by atoms with Crippen LogP contribution in [0.4, 0.5) is 4.79 Å². The molecule has 2 aromatic carbocycles. The molecule has 31 heavy (non-hydrogen) atoms. The van der Waals surface area contributed by atoms with E-state index >= 15 is 0 Å². The number of para-hydroxylation sites is 1. The molecule has 3 heterocycles. The van der Waals surface area contributed by atoms with Crippen molar-refractivity contribution in [2.75, 3.05) is 0 Å². The van der Waals surface area contributed by atoms with Gasteiger partial charge in [0.2, 0.25) is 0 Å². The first-order valence-electron chi connectivity index (χ1n) is 10.8. The Morgan fingerprint density at radius 2 is 1.58 bits per heavy atom. The van der Waals surface area contributed by atoms with Crippen molar-refractivity contribution in [2.45, 2.75) is 44.4 Å². The maximum absolute atomic E-state index is 13.2. The van der Waals surface area contributed by atoms with Crippen molar-refractivity contribution in [3.8, 4) is 5.69 Å². The van der Waals surface area contributed by atoms with Crippen LogP contribution in [-0.4, -0.2) is 38.6 Å². The van der Waals surface area contributed by atoms with Crippen molar-refractivity contribution in [1.82, 2.24) is 14.7 Å². The van der Waals surface area contributed by atoms with Crippen LogP contribution in [0.2, 0.25) is 0 Å². The molecule has 2 saturated heterocycles. The number of ether oxygens (including phenoxy) is 1. The minimum absolute atomic E-state index is 0.0696. The van der Waals surface area contributed by atoms with Crippen LogP contribution in [0, 0.1) is 5.92 Å². The van der Waals surface area contributed by atoms with E-state index in [4.69, 9.17) is 4.74 Å². The molecule has 2 bridgehead atoms. The molecule has 2 aliphatic heterocycles. The topological polar surface area (TPSA) is 64.4 Å². The van der Waals surface area contributed by atoms with Gasteiger partial charge in [0.25, 0.3) is 0 Å². The van der Waals surface area contributed by atoms with Gasteiger partial charge < -0.3 is 9.64 Å². The van der Waals surface area contributed by atoms with E-state index in [9.17, 15) is 9.59 Å². The SMILES string of the molecule is O=C(c1cnn(-c2ccccc2)c1)C1CC2CCC(C1)N2C(=O)OCc1ccccc1. The molecule has 2 fully saturated rings. The molecule has 1 aromatic heterocycles. The van der Waals surface area contributed by atoms with Crippen LogP contribution >= 0.6 is 0 Å². The van der Waals surface area contributed by atoms with Gasteiger partial charge in [0.05, 0.1) is 17.4 Å². The fourth-order valence-corrected chi connectivity index (χ4v) is 4.89. The van der Waals surface area contributed by atoms with Gasteiger partial charge in [-0.2, -0.15) is 5.10 Å². The van der Waals surface area contributed by atoms with Gasteiger partial charge in [0.1, 0.15) is 6.61 Å². The molecule has 2 atom stereocenters. The summed E-state index contributed by atoms with van der Waals surface area (Å²) in [5.41, 5.74) is 2.54. The number of hydrogen-bond acceptors (Lipinski definition) is 4. The van der Waals surface area contributed by atoms with E-state index in [1.165, 1.54) is 0 Å². The van der Waals surface area contributed by atoms with Crippen molar-refractivity contribution in [3.63, 3.8) is 0 Å². The van der Waals surface area contributed by atoms with Crippen LogP contribution in [0.25, 0.3) is 5.69 Å². The molecule has 0 radical (unpaired) electrons. The summed E-state index contributed by atoms with van der Waals surface area (Å²) in [5, 5.41) is 4.36. The lowest BCUT2D eigenvalue weighted by Crippen LogP contribution is -2.48. The summed E-state index contributed by atoms with van der Waals surface area (Å²) in [6.07, 6.45) is 6.42. The Labute approximate surface area is 181 Å². The summed E-state index contributed by atoms with van der Waals surface area (Å²) < 4.78 is 7.30. The van der Waals surface area contributed by atoms with Crippen LogP contribution in [0.3, 0.4) is 0 Å². The van der Waals surface area contributed by atoms with Gasteiger partial charge in [-0.15, -0.1) is 0 Å². The number of benzene rings is 2. The predicted molar refractivity (Wildman–Crippen MR) is 116 cm³/mol. The van der Waals surface area contributed by atoms with Gasteiger partial charge in [-0.1, -0.05) is 48.5 Å². The number of rotatable bonds is 5.